The fourth-order valence-electron chi connectivity index (χ4n) is 2.30. The van der Waals surface area contributed by atoms with Crippen molar-refractivity contribution in [3.63, 3.8) is 0 Å². The van der Waals surface area contributed by atoms with Crippen molar-refractivity contribution in [3.8, 4) is 0 Å². The minimum atomic E-state index is 0.724. The number of fused-ring (bicyclic) bond motifs is 1. The summed E-state index contributed by atoms with van der Waals surface area (Å²) in [6, 6.07) is 16.9. The van der Waals surface area contributed by atoms with Gasteiger partial charge in [0.25, 0.3) is 0 Å². The maximum absolute atomic E-state index is 4.52. The van der Waals surface area contributed by atoms with Crippen LogP contribution in [-0.2, 0) is 13.6 Å². The fourth-order valence-corrected chi connectivity index (χ4v) is 3.30. The number of aryl methyl sites for hydroxylation is 1. The summed E-state index contributed by atoms with van der Waals surface area (Å²) < 4.78 is 3.36. The van der Waals surface area contributed by atoms with E-state index in [4.69, 9.17) is 0 Å². The molecule has 0 aliphatic rings. The Morgan fingerprint density at radius 3 is 2.50 bits per heavy atom. The van der Waals surface area contributed by atoms with Crippen molar-refractivity contribution >= 4 is 27.2 Å². The van der Waals surface area contributed by atoms with Gasteiger partial charge in [-0.05, 0) is 29.8 Å². The fraction of sp³-hybridized carbons (Fsp3) is 0.235. The largest absolute Gasteiger partial charge is 0.378 e. The number of thiazole rings is 1. The number of para-hydroxylation sites is 1. The van der Waals surface area contributed by atoms with Gasteiger partial charge in [-0.1, -0.05) is 35.6 Å². The molecule has 0 saturated carbocycles. The SMILES string of the molecule is CN(C)c1ccc(CNN=c2sc3ccccc3n2C)cc1. The van der Waals surface area contributed by atoms with Gasteiger partial charge < -0.3 is 14.9 Å². The van der Waals surface area contributed by atoms with Gasteiger partial charge in [0.2, 0.25) is 4.80 Å². The van der Waals surface area contributed by atoms with Crippen molar-refractivity contribution in [2.24, 2.45) is 12.1 Å². The summed E-state index contributed by atoms with van der Waals surface area (Å²) in [5, 5.41) is 4.52. The standard InChI is InChI=1S/C17H20N4S/c1-20(2)14-10-8-13(9-11-14)12-18-19-17-21(3)15-6-4-5-7-16(15)22-17/h4-11,18H,12H2,1-3H3. The van der Waals surface area contributed by atoms with E-state index in [1.54, 1.807) is 11.3 Å². The Balaban J connectivity index is 1.74. The van der Waals surface area contributed by atoms with Gasteiger partial charge in [-0.2, -0.15) is 5.10 Å². The summed E-state index contributed by atoms with van der Waals surface area (Å²) in [5.74, 6) is 0. The lowest BCUT2D eigenvalue weighted by Gasteiger charge is -2.12. The summed E-state index contributed by atoms with van der Waals surface area (Å²) in [4.78, 5) is 3.07. The Bertz CT molecular complexity index is 828. The molecule has 0 aliphatic heterocycles. The molecule has 2 aromatic carbocycles. The van der Waals surface area contributed by atoms with E-state index in [-0.39, 0.29) is 0 Å². The lowest BCUT2D eigenvalue weighted by molar-refractivity contribution is 0.700. The van der Waals surface area contributed by atoms with E-state index in [0.717, 1.165) is 11.3 Å². The van der Waals surface area contributed by atoms with Gasteiger partial charge in [0.05, 0.1) is 16.8 Å². The number of anilines is 1. The highest BCUT2D eigenvalue weighted by atomic mass is 32.1. The molecule has 114 valence electrons. The van der Waals surface area contributed by atoms with E-state index in [1.165, 1.54) is 21.5 Å². The Kier molecular flexibility index (Phi) is 4.15. The third-order valence-corrected chi connectivity index (χ3v) is 4.74. The third kappa shape index (κ3) is 2.99. The molecule has 3 rings (SSSR count). The maximum Gasteiger partial charge on any atom is 0.208 e. The molecular formula is C17H20N4S. The molecular weight excluding hydrogens is 292 g/mol. The molecule has 1 heterocycles. The van der Waals surface area contributed by atoms with Crippen molar-refractivity contribution < 1.29 is 0 Å². The molecule has 0 saturated heterocycles. The summed E-state index contributed by atoms with van der Waals surface area (Å²) in [5.41, 5.74) is 6.81. The number of aromatic nitrogens is 1. The van der Waals surface area contributed by atoms with E-state index < -0.39 is 0 Å². The van der Waals surface area contributed by atoms with Crippen LogP contribution in [0.2, 0.25) is 0 Å². The highest BCUT2D eigenvalue weighted by Gasteiger charge is 2.01. The first-order valence-corrected chi connectivity index (χ1v) is 8.04. The summed E-state index contributed by atoms with van der Waals surface area (Å²) in [6.07, 6.45) is 0. The summed E-state index contributed by atoms with van der Waals surface area (Å²) in [7, 11) is 6.14. The predicted molar refractivity (Wildman–Crippen MR) is 94.0 cm³/mol. The number of benzene rings is 2. The number of nitrogens with one attached hydrogen (secondary N) is 1. The van der Waals surface area contributed by atoms with E-state index in [1.807, 2.05) is 21.1 Å². The number of hydrogen-bond donors (Lipinski definition) is 1. The Morgan fingerprint density at radius 1 is 1.09 bits per heavy atom. The maximum atomic E-state index is 4.52. The van der Waals surface area contributed by atoms with Crippen LogP contribution in [0.15, 0.2) is 53.6 Å². The molecule has 0 radical (unpaired) electrons. The van der Waals surface area contributed by atoms with Gasteiger partial charge in [-0.15, -0.1) is 0 Å². The molecule has 0 spiro atoms. The Morgan fingerprint density at radius 2 is 1.82 bits per heavy atom. The van der Waals surface area contributed by atoms with Crippen molar-refractivity contribution in [2.45, 2.75) is 6.54 Å². The molecule has 0 fully saturated rings. The van der Waals surface area contributed by atoms with E-state index in [9.17, 15) is 0 Å². The third-order valence-electron chi connectivity index (χ3n) is 3.63. The van der Waals surface area contributed by atoms with Crippen LogP contribution in [0.1, 0.15) is 5.56 Å². The van der Waals surface area contributed by atoms with Crippen molar-refractivity contribution in [1.29, 1.82) is 0 Å². The Hall–Kier alpha value is -2.27. The van der Waals surface area contributed by atoms with Crippen molar-refractivity contribution in [2.75, 3.05) is 19.0 Å². The normalized spacial score (nSPS) is 11.9. The highest BCUT2D eigenvalue weighted by Crippen LogP contribution is 2.15. The van der Waals surface area contributed by atoms with Crippen LogP contribution in [0, 0.1) is 0 Å². The highest BCUT2D eigenvalue weighted by molar-refractivity contribution is 7.16. The van der Waals surface area contributed by atoms with Gasteiger partial charge >= 0.3 is 0 Å². The zero-order valence-electron chi connectivity index (χ0n) is 13.1. The van der Waals surface area contributed by atoms with Crippen LogP contribution in [-0.4, -0.2) is 18.7 Å². The smallest absolute Gasteiger partial charge is 0.208 e. The van der Waals surface area contributed by atoms with Gasteiger partial charge in [-0.3, -0.25) is 0 Å². The zero-order valence-corrected chi connectivity index (χ0v) is 13.9. The first-order valence-electron chi connectivity index (χ1n) is 7.22. The second kappa shape index (κ2) is 6.23. The van der Waals surface area contributed by atoms with Crippen LogP contribution in [0.5, 0.6) is 0 Å². The number of rotatable bonds is 4. The average Bonchev–Trinajstić information content (AvgIpc) is 2.85. The molecule has 0 bridgehead atoms. The molecule has 0 atom stereocenters. The number of hydrogen-bond acceptors (Lipinski definition) is 4. The van der Waals surface area contributed by atoms with Crippen LogP contribution >= 0.6 is 11.3 Å². The van der Waals surface area contributed by atoms with E-state index in [0.29, 0.717) is 0 Å². The first-order chi connectivity index (χ1) is 10.6. The topological polar surface area (TPSA) is 32.6 Å². The Labute approximate surface area is 134 Å². The van der Waals surface area contributed by atoms with Crippen LogP contribution in [0.25, 0.3) is 10.2 Å². The molecule has 5 heteroatoms. The lowest BCUT2D eigenvalue weighted by Crippen LogP contribution is -2.17. The molecule has 1 aromatic heterocycles. The van der Waals surface area contributed by atoms with Gasteiger partial charge in [0.15, 0.2) is 0 Å². The lowest BCUT2D eigenvalue weighted by atomic mass is 10.2. The van der Waals surface area contributed by atoms with Gasteiger partial charge in [0.1, 0.15) is 0 Å². The minimum Gasteiger partial charge on any atom is -0.378 e. The molecule has 4 nitrogen and oxygen atoms in total. The molecule has 1 N–H and O–H groups in total. The monoisotopic (exact) mass is 312 g/mol. The first kappa shape index (κ1) is 14.7. The van der Waals surface area contributed by atoms with Gasteiger partial charge in [0, 0.05) is 26.8 Å². The van der Waals surface area contributed by atoms with Crippen LogP contribution < -0.4 is 15.1 Å². The van der Waals surface area contributed by atoms with E-state index in [2.05, 4.69) is 68.5 Å². The summed E-state index contributed by atoms with van der Waals surface area (Å²) in [6.45, 7) is 0.724. The molecule has 0 unspecified atom stereocenters. The minimum absolute atomic E-state index is 0.724. The second-order valence-corrected chi connectivity index (χ2v) is 6.43. The number of nitrogens with zero attached hydrogens (tertiary/aromatic N) is 3. The zero-order chi connectivity index (χ0) is 15.5. The predicted octanol–water partition coefficient (Wildman–Crippen LogP) is 2.91. The van der Waals surface area contributed by atoms with E-state index >= 15 is 0 Å². The van der Waals surface area contributed by atoms with Crippen molar-refractivity contribution in [1.82, 2.24) is 9.99 Å². The molecule has 0 amide bonds. The quantitative estimate of drug-likeness (QED) is 0.751. The van der Waals surface area contributed by atoms with Crippen molar-refractivity contribution in [3.05, 3.63) is 58.9 Å². The van der Waals surface area contributed by atoms with Gasteiger partial charge in [-0.25, -0.2) is 0 Å². The van der Waals surface area contributed by atoms with Crippen LogP contribution in [0.3, 0.4) is 0 Å². The second-order valence-electron chi connectivity index (χ2n) is 5.42. The molecule has 22 heavy (non-hydrogen) atoms. The molecule has 3 aromatic rings. The summed E-state index contributed by atoms with van der Waals surface area (Å²) >= 11 is 1.69. The molecule has 0 aliphatic carbocycles. The van der Waals surface area contributed by atoms with Crippen LogP contribution in [0.4, 0.5) is 5.69 Å². The average molecular weight is 312 g/mol.